The van der Waals surface area contributed by atoms with Crippen molar-refractivity contribution in [2.45, 2.75) is 0 Å². The van der Waals surface area contributed by atoms with Gasteiger partial charge >= 0.3 is 5.69 Å². The normalized spacial score (nSPS) is 10.2. The van der Waals surface area contributed by atoms with Crippen LogP contribution in [0.2, 0.25) is 10.0 Å². The monoisotopic (exact) mass is 300 g/mol. The van der Waals surface area contributed by atoms with Crippen LogP contribution in [0.4, 0.5) is 11.6 Å². The van der Waals surface area contributed by atoms with Gasteiger partial charge in [0, 0.05) is 17.2 Å². The topological polar surface area (TPSA) is 104 Å². The highest BCUT2D eigenvalue weighted by Crippen LogP contribution is 2.35. The highest BCUT2D eigenvalue weighted by atomic mass is 35.5. The second-order valence-corrected chi connectivity index (χ2v) is 4.20. The van der Waals surface area contributed by atoms with E-state index < -0.39 is 4.92 Å². The molecule has 2 rings (SSSR count). The fraction of sp³-hybridized carbons (Fsp3) is 0. The van der Waals surface area contributed by atoms with Crippen molar-refractivity contribution in [1.29, 1.82) is 0 Å². The number of halogens is 2. The largest absolute Gasteiger partial charge is 0.430 e. The third kappa shape index (κ3) is 3.01. The van der Waals surface area contributed by atoms with E-state index in [2.05, 4.69) is 9.97 Å². The number of nitro groups is 1. The lowest BCUT2D eigenvalue weighted by molar-refractivity contribution is -0.385. The minimum Gasteiger partial charge on any atom is -0.430 e. The van der Waals surface area contributed by atoms with Gasteiger partial charge in [0.2, 0.25) is 17.6 Å². The van der Waals surface area contributed by atoms with Crippen LogP contribution in [0.3, 0.4) is 0 Å². The summed E-state index contributed by atoms with van der Waals surface area (Å²) in [5.41, 5.74) is 5.12. The van der Waals surface area contributed by atoms with E-state index in [1.165, 1.54) is 24.4 Å². The first-order valence-corrected chi connectivity index (χ1v) is 5.63. The molecule has 0 aliphatic carbocycles. The van der Waals surface area contributed by atoms with Gasteiger partial charge in [-0.15, -0.1) is 0 Å². The van der Waals surface area contributed by atoms with Crippen LogP contribution in [0.25, 0.3) is 0 Å². The van der Waals surface area contributed by atoms with Crippen molar-refractivity contribution >= 4 is 34.8 Å². The summed E-state index contributed by atoms with van der Waals surface area (Å²) >= 11 is 11.6. The van der Waals surface area contributed by atoms with E-state index >= 15 is 0 Å². The van der Waals surface area contributed by atoms with Gasteiger partial charge in [-0.3, -0.25) is 10.1 Å². The molecule has 0 unspecified atom stereocenters. The molecule has 2 N–H and O–H groups in total. The maximum atomic E-state index is 10.9. The van der Waals surface area contributed by atoms with Gasteiger partial charge in [0.1, 0.15) is 5.02 Å². The third-order valence-corrected chi connectivity index (χ3v) is 2.55. The lowest BCUT2D eigenvalue weighted by Crippen LogP contribution is -1.99. The maximum absolute atomic E-state index is 10.9. The maximum Gasteiger partial charge on any atom is 0.311 e. The molecule has 0 aliphatic rings. The van der Waals surface area contributed by atoms with Crippen LogP contribution in [-0.4, -0.2) is 14.9 Å². The van der Waals surface area contributed by atoms with Crippen molar-refractivity contribution in [2.75, 3.05) is 5.73 Å². The minimum absolute atomic E-state index is 0.0657. The lowest BCUT2D eigenvalue weighted by Gasteiger charge is -2.07. The number of nitrogens with zero attached hydrogens (tertiary/aromatic N) is 3. The average Bonchev–Trinajstić information content (AvgIpc) is 2.33. The molecular formula is C10H6Cl2N4O3. The first kappa shape index (κ1) is 13.3. The zero-order valence-corrected chi connectivity index (χ0v) is 10.7. The van der Waals surface area contributed by atoms with E-state index in [9.17, 15) is 10.1 Å². The molecule has 0 radical (unpaired) electrons. The zero-order valence-electron chi connectivity index (χ0n) is 9.21. The van der Waals surface area contributed by atoms with Crippen molar-refractivity contribution in [2.24, 2.45) is 0 Å². The molecule has 1 aromatic carbocycles. The molecule has 0 atom stereocenters. The van der Waals surface area contributed by atoms with Crippen LogP contribution in [0.5, 0.6) is 11.6 Å². The highest BCUT2D eigenvalue weighted by Gasteiger charge is 2.18. The van der Waals surface area contributed by atoms with E-state index in [0.29, 0.717) is 0 Å². The molecule has 98 valence electrons. The Bertz CT molecular complexity index is 651. The Morgan fingerprint density at radius 3 is 2.79 bits per heavy atom. The second kappa shape index (κ2) is 5.25. The summed E-state index contributed by atoms with van der Waals surface area (Å²) in [4.78, 5) is 17.7. The number of rotatable bonds is 3. The molecule has 0 saturated carbocycles. The Kier molecular flexibility index (Phi) is 3.68. The summed E-state index contributed by atoms with van der Waals surface area (Å²) in [6, 6.07) is 3.88. The number of anilines is 1. The van der Waals surface area contributed by atoms with Crippen LogP contribution in [0.1, 0.15) is 0 Å². The second-order valence-electron chi connectivity index (χ2n) is 3.35. The molecule has 0 spiro atoms. The summed E-state index contributed by atoms with van der Waals surface area (Å²) in [5.74, 6) is -0.235. The smallest absolute Gasteiger partial charge is 0.311 e. The number of hydrogen-bond acceptors (Lipinski definition) is 6. The number of nitrogens with two attached hydrogens (primary N) is 1. The molecule has 1 heterocycles. The van der Waals surface area contributed by atoms with Crippen molar-refractivity contribution in [3.05, 3.63) is 44.6 Å². The van der Waals surface area contributed by atoms with Crippen molar-refractivity contribution in [3.63, 3.8) is 0 Å². The molecule has 2 aromatic rings. The van der Waals surface area contributed by atoms with Crippen LogP contribution < -0.4 is 10.5 Å². The molecule has 19 heavy (non-hydrogen) atoms. The summed E-state index contributed by atoms with van der Waals surface area (Å²) in [6.45, 7) is 0. The van der Waals surface area contributed by atoms with Gasteiger partial charge in [0.25, 0.3) is 0 Å². The Morgan fingerprint density at radius 2 is 2.11 bits per heavy atom. The molecule has 9 heteroatoms. The fourth-order valence-electron chi connectivity index (χ4n) is 1.26. The Hall–Kier alpha value is -2.12. The van der Waals surface area contributed by atoms with Crippen molar-refractivity contribution in [1.82, 2.24) is 9.97 Å². The Morgan fingerprint density at radius 1 is 1.37 bits per heavy atom. The van der Waals surface area contributed by atoms with E-state index in [0.717, 1.165) is 0 Å². The van der Waals surface area contributed by atoms with Crippen molar-refractivity contribution < 1.29 is 9.66 Å². The predicted octanol–water partition coefficient (Wildman–Crippen LogP) is 3.07. The fourth-order valence-corrected chi connectivity index (χ4v) is 1.55. The summed E-state index contributed by atoms with van der Waals surface area (Å²) in [6.07, 6.45) is 1.23. The SMILES string of the molecule is Nc1ncc(Cl)c(Oc2cc(Cl)ccc2[N+](=O)[O-])n1. The van der Waals surface area contributed by atoms with Crippen LogP contribution in [-0.2, 0) is 0 Å². The molecule has 1 aromatic heterocycles. The minimum atomic E-state index is -0.607. The van der Waals surface area contributed by atoms with Crippen LogP contribution in [0.15, 0.2) is 24.4 Å². The van der Waals surface area contributed by atoms with Crippen molar-refractivity contribution in [3.8, 4) is 11.6 Å². The molecule has 0 bridgehead atoms. The van der Waals surface area contributed by atoms with E-state index in [1.807, 2.05) is 0 Å². The first-order chi connectivity index (χ1) is 8.97. The summed E-state index contributed by atoms with van der Waals surface area (Å²) < 4.78 is 5.27. The molecule has 7 nitrogen and oxygen atoms in total. The van der Waals surface area contributed by atoms with E-state index in [1.54, 1.807) is 0 Å². The van der Waals surface area contributed by atoms with Gasteiger partial charge in [-0.2, -0.15) is 4.98 Å². The number of hydrogen-bond donors (Lipinski definition) is 1. The summed E-state index contributed by atoms with van der Waals surface area (Å²) in [7, 11) is 0. The van der Waals surface area contributed by atoms with Gasteiger partial charge in [-0.05, 0) is 6.07 Å². The van der Waals surface area contributed by atoms with Gasteiger partial charge in [-0.1, -0.05) is 23.2 Å². The lowest BCUT2D eigenvalue weighted by atomic mass is 10.3. The average molecular weight is 301 g/mol. The molecule has 0 fully saturated rings. The first-order valence-electron chi connectivity index (χ1n) is 4.87. The molecule has 0 amide bonds. The molecule has 0 saturated heterocycles. The summed E-state index contributed by atoms with van der Waals surface area (Å²) in [5, 5.41) is 11.2. The number of benzene rings is 1. The number of nitrogen functional groups attached to an aromatic ring is 1. The molecular weight excluding hydrogens is 295 g/mol. The van der Waals surface area contributed by atoms with Gasteiger partial charge in [-0.25, -0.2) is 4.98 Å². The van der Waals surface area contributed by atoms with Crippen LogP contribution >= 0.6 is 23.2 Å². The van der Waals surface area contributed by atoms with Gasteiger partial charge in [0.15, 0.2) is 0 Å². The Balaban J connectivity index is 2.45. The quantitative estimate of drug-likeness (QED) is 0.690. The van der Waals surface area contributed by atoms with E-state index in [-0.39, 0.29) is 33.3 Å². The van der Waals surface area contributed by atoms with Gasteiger partial charge in [0.05, 0.1) is 11.1 Å². The molecule has 0 aliphatic heterocycles. The number of aromatic nitrogens is 2. The standard InChI is InChI=1S/C10H6Cl2N4O3/c11-5-1-2-7(16(17)18)8(3-5)19-9-6(12)4-14-10(13)15-9/h1-4H,(H2,13,14,15). The van der Waals surface area contributed by atoms with E-state index in [4.69, 9.17) is 33.7 Å². The number of ether oxygens (including phenoxy) is 1. The van der Waals surface area contributed by atoms with Crippen LogP contribution in [0, 0.1) is 10.1 Å². The highest BCUT2D eigenvalue weighted by molar-refractivity contribution is 6.31. The predicted molar refractivity (Wildman–Crippen MR) is 69.6 cm³/mol. The number of nitro benzene ring substituents is 1. The Labute approximate surface area is 117 Å². The third-order valence-electron chi connectivity index (χ3n) is 2.06. The van der Waals surface area contributed by atoms with Gasteiger partial charge < -0.3 is 10.5 Å². The zero-order chi connectivity index (χ0) is 14.0.